The van der Waals surface area contributed by atoms with Crippen LogP contribution in [0, 0.1) is 5.92 Å². The highest BCUT2D eigenvalue weighted by Gasteiger charge is 2.23. The zero-order valence-corrected chi connectivity index (χ0v) is 8.43. The quantitative estimate of drug-likeness (QED) is 0.699. The summed E-state index contributed by atoms with van der Waals surface area (Å²) in [7, 11) is 0. The maximum atomic E-state index is 11.6. The van der Waals surface area contributed by atoms with Crippen LogP contribution in [0.4, 0.5) is 11.4 Å². The van der Waals surface area contributed by atoms with Gasteiger partial charge in [0.15, 0.2) is 0 Å². The molecule has 1 aliphatic rings. The van der Waals surface area contributed by atoms with Crippen molar-refractivity contribution in [2.24, 2.45) is 5.92 Å². The lowest BCUT2D eigenvalue weighted by atomic mass is 10.1. The molecule has 15 heavy (non-hydrogen) atoms. The van der Waals surface area contributed by atoms with Crippen LogP contribution in [0.25, 0.3) is 0 Å². The second-order valence-electron chi connectivity index (χ2n) is 3.67. The summed E-state index contributed by atoms with van der Waals surface area (Å²) in [5.74, 6) is -0.241. The van der Waals surface area contributed by atoms with Crippen LogP contribution in [0.15, 0.2) is 24.3 Å². The van der Waals surface area contributed by atoms with E-state index in [-0.39, 0.29) is 11.8 Å². The molecule has 78 valence electrons. The Labute approximate surface area is 87.9 Å². The van der Waals surface area contributed by atoms with Gasteiger partial charge in [0.1, 0.15) is 0 Å². The smallest absolute Gasteiger partial charge is 0.229 e. The Morgan fingerprint density at radius 3 is 2.93 bits per heavy atom. The van der Waals surface area contributed by atoms with Gasteiger partial charge in [-0.1, -0.05) is 19.1 Å². The minimum atomic E-state index is -0.192. The average molecular weight is 204 g/mol. The summed E-state index contributed by atoms with van der Waals surface area (Å²) in [6, 6.07) is 7.29. The predicted octanol–water partition coefficient (Wildman–Crippen LogP) is 1.24. The molecular formula is C11H12N2O2. The molecule has 1 aromatic rings. The maximum absolute atomic E-state index is 11.6. The number of benzene rings is 1. The van der Waals surface area contributed by atoms with Gasteiger partial charge in [-0.15, -0.1) is 0 Å². The summed E-state index contributed by atoms with van der Waals surface area (Å²) in [6.07, 6.45) is 0.760. The fourth-order valence-electron chi connectivity index (χ4n) is 1.66. The van der Waals surface area contributed by atoms with Crippen LogP contribution in [0.3, 0.4) is 0 Å². The van der Waals surface area contributed by atoms with Crippen LogP contribution < -0.4 is 10.2 Å². The van der Waals surface area contributed by atoms with Crippen LogP contribution in [0.5, 0.6) is 0 Å². The SMILES string of the molecule is CC1CN(C=O)c2ccccc2NC1=O. The molecule has 0 aliphatic carbocycles. The van der Waals surface area contributed by atoms with Gasteiger partial charge < -0.3 is 10.2 Å². The lowest BCUT2D eigenvalue weighted by Crippen LogP contribution is -2.29. The first-order chi connectivity index (χ1) is 7.22. The molecule has 1 aliphatic heterocycles. The number of anilines is 2. The zero-order chi connectivity index (χ0) is 10.8. The van der Waals surface area contributed by atoms with Gasteiger partial charge in [-0.3, -0.25) is 9.59 Å². The third-order valence-corrected chi connectivity index (χ3v) is 2.52. The van der Waals surface area contributed by atoms with Crippen LogP contribution >= 0.6 is 0 Å². The monoisotopic (exact) mass is 204 g/mol. The van der Waals surface area contributed by atoms with Crippen LogP contribution in [0.2, 0.25) is 0 Å². The van der Waals surface area contributed by atoms with E-state index in [1.165, 1.54) is 0 Å². The number of amides is 2. The standard InChI is InChI=1S/C11H12N2O2/c1-8-6-13(7-14)10-5-3-2-4-9(10)12-11(8)15/h2-5,7-8H,6H2,1H3,(H,12,15). The van der Waals surface area contributed by atoms with Crippen LogP contribution in [-0.2, 0) is 9.59 Å². The summed E-state index contributed by atoms with van der Waals surface area (Å²) in [5.41, 5.74) is 1.45. The molecule has 1 heterocycles. The Bertz CT molecular complexity index is 403. The van der Waals surface area contributed by atoms with Crippen molar-refractivity contribution >= 4 is 23.7 Å². The van der Waals surface area contributed by atoms with E-state index in [0.717, 1.165) is 12.1 Å². The molecule has 0 saturated heterocycles. The molecule has 0 fully saturated rings. The number of para-hydroxylation sites is 2. The molecule has 0 radical (unpaired) electrons. The van der Waals surface area contributed by atoms with Gasteiger partial charge in [-0.2, -0.15) is 0 Å². The van der Waals surface area contributed by atoms with Crippen molar-refractivity contribution in [2.75, 3.05) is 16.8 Å². The number of fused-ring (bicyclic) bond motifs is 1. The number of rotatable bonds is 1. The van der Waals surface area contributed by atoms with Crippen molar-refractivity contribution in [3.63, 3.8) is 0 Å². The predicted molar refractivity (Wildman–Crippen MR) is 57.6 cm³/mol. The van der Waals surface area contributed by atoms with Gasteiger partial charge >= 0.3 is 0 Å². The summed E-state index contributed by atoms with van der Waals surface area (Å²) in [4.78, 5) is 24.1. The van der Waals surface area contributed by atoms with E-state index < -0.39 is 0 Å². The first kappa shape index (κ1) is 9.71. The number of carbonyl (C=O) groups is 2. The fraction of sp³-hybridized carbons (Fsp3) is 0.273. The molecule has 0 spiro atoms. The van der Waals surface area contributed by atoms with E-state index in [1.807, 2.05) is 18.2 Å². The van der Waals surface area contributed by atoms with E-state index in [0.29, 0.717) is 12.2 Å². The molecule has 4 nitrogen and oxygen atoms in total. The number of nitrogens with zero attached hydrogens (tertiary/aromatic N) is 1. The molecule has 0 bridgehead atoms. The minimum Gasteiger partial charge on any atom is -0.324 e. The van der Waals surface area contributed by atoms with Gasteiger partial charge in [0, 0.05) is 6.54 Å². The summed E-state index contributed by atoms with van der Waals surface area (Å²) >= 11 is 0. The number of hydrogen-bond donors (Lipinski definition) is 1. The Morgan fingerprint density at radius 1 is 1.47 bits per heavy atom. The molecule has 2 amide bonds. The Balaban J connectivity index is 2.46. The number of nitrogens with one attached hydrogen (secondary N) is 1. The number of carbonyl (C=O) groups excluding carboxylic acids is 2. The second kappa shape index (κ2) is 3.73. The molecule has 1 atom stereocenters. The Kier molecular flexibility index (Phi) is 2.41. The summed E-state index contributed by atoms with van der Waals surface area (Å²) in [6.45, 7) is 2.23. The Morgan fingerprint density at radius 2 is 2.20 bits per heavy atom. The molecule has 2 rings (SSSR count). The summed E-state index contributed by atoms with van der Waals surface area (Å²) in [5, 5.41) is 2.80. The van der Waals surface area contributed by atoms with Crippen molar-refractivity contribution in [1.82, 2.24) is 0 Å². The largest absolute Gasteiger partial charge is 0.324 e. The second-order valence-corrected chi connectivity index (χ2v) is 3.67. The molecule has 1 aromatic carbocycles. The molecule has 0 saturated carbocycles. The topological polar surface area (TPSA) is 49.4 Å². The van der Waals surface area contributed by atoms with Crippen molar-refractivity contribution in [3.8, 4) is 0 Å². The van der Waals surface area contributed by atoms with Crippen molar-refractivity contribution in [3.05, 3.63) is 24.3 Å². The zero-order valence-electron chi connectivity index (χ0n) is 8.43. The molecule has 4 heteroatoms. The first-order valence-corrected chi connectivity index (χ1v) is 4.84. The van der Waals surface area contributed by atoms with Crippen LogP contribution in [0.1, 0.15) is 6.92 Å². The molecule has 0 aromatic heterocycles. The van der Waals surface area contributed by atoms with E-state index >= 15 is 0 Å². The summed E-state index contributed by atoms with van der Waals surface area (Å²) < 4.78 is 0. The fourth-order valence-corrected chi connectivity index (χ4v) is 1.66. The van der Waals surface area contributed by atoms with Gasteiger partial charge in [0.25, 0.3) is 0 Å². The first-order valence-electron chi connectivity index (χ1n) is 4.84. The maximum Gasteiger partial charge on any atom is 0.229 e. The number of hydrogen-bond acceptors (Lipinski definition) is 2. The van der Waals surface area contributed by atoms with E-state index in [2.05, 4.69) is 5.32 Å². The minimum absolute atomic E-state index is 0.0493. The van der Waals surface area contributed by atoms with Gasteiger partial charge in [0.05, 0.1) is 17.3 Å². The lowest BCUT2D eigenvalue weighted by molar-refractivity contribution is -0.119. The highest BCUT2D eigenvalue weighted by Crippen LogP contribution is 2.28. The molecular weight excluding hydrogens is 192 g/mol. The average Bonchev–Trinajstić information content (AvgIpc) is 2.37. The molecule has 1 N–H and O–H groups in total. The third kappa shape index (κ3) is 1.70. The lowest BCUT2D eigenvalue weighted by Gasteiger charge is -2.17. The third-order valence-electron chi connectivity index (χ3n) is 2.52. The van der Waals surface area contributed by atoms with Gasteiger partial charge in [-0.25, -0.2) is 0 Å². The highest BCUT2D eigenvalue weighted by atomic mass is 16.2. The van der Waals surface area contributed by atoms with E-state index in [1.54, 1.807) is 17.9 Å². The van der Waals surface area contributed by atoms with Crippen molar-refractivity contribution < 1.29 is 9.59 Å². The van der Waals surface area contributed by atoms with Crippen molar-refractivity contribution in [2.45, 2.75) is 6.92 Å². The van der Waals surface area contributed by atoms with Gasteiger partial charge in [0.2, 0.25) is 12.3 Å². The van der Waals surface area contributed by atoms with Crippen LogP contribution in [-0.4, -0.2) is 18.9 Å². The van der Waals surface area contributed by atoms with Crippen molar-refractivity contribution in [1.29, 1.82) is 0 Å². The Hall–Kier alpha value is -1.84. The van der Waals surface area contributed by atoms with Gasteiger partial charge in [-0.05, 0) is 12.1 Å². The van der Waals surface area contributed by atoms with E-state index in [4.69, 9.17) is 0 Å². The molecule has 1 unspecified atom stereocenters. The normalized spacial score (nSPS) is 20.2. The highest BCUT2D eigenvalue weighted by molar-refractivity contribution is 6.00. The van der Waals surface area contributed by atoms with E-state index in [9.17, 15) is 9.59 Å².